The van der Waals surface area contributed by atoms with Crippen molar-refractivity contribution in [3.05, 3.63) is 6.92 Å². The maximum atomic E-state index is 11.1. The Hall–Kier alpha value is -0.510. The summed E-state index contributed by atoms with van der Waals surface area (Å²) in [5, 5.41) is 0. The van der Waals surface area contributed by atoms with E-state index in [1.54, 1.807) is 5.92 Å². The van der Waals surface area contributed by atoms with Gasteiger partial charge in [-0.1, -0.05) is 5.92 Å². The lowest BCUT2D eigenvalue weighted by Crippen LogP contribution is -1.80. The molecule has 0 amide bonds. The molecule has 5 heavy (non-hydrogen) atoms. The Morgan fingerprint density at radius 1 is 2.00 bits per heavy atom. The van der Waals surface area contributed by atoms with E-state index in [-0.39, 0.29) is 0 Å². The Bertz CT molecular complexity index is 49.2. The predicted octanol–water partition coefficient (Wildman–Crippen LogP) is 0.792. The summed E-state index contributed by atoms with van der Waals surface area (Å²) in [7, 11) is 0. The van der Waals surface area contributed by atoms with E-state index in [1.807, 2.05) is 0 Å². The number of terminal acetylenes is 1. The molecule has 0 N–H and O–H groups in total. The van der Waals surface area contributed by atoms with Crippen LogP contribution in [-0.4, -0.2) is 6.17 Å². The zero-order valence-electron chi connectivity index (χ0n) is 2.74. The van der Waals surface area contributed by atoms with Gasteiger partial charge in [0.15, 0.2) is 6.17 Å². The van der Waals surface area contributed by atoms with Gasteiger partial charge in [0.1, 0.15) is 0 Å². The van der Waals surface area contributed by atoms with Gasteiger partial charge in [0.2, 0.25) is 0 Å². The highest BCUT2D eigenvalue weighted by Gasteiger charge is 1.80. The molecule has 1 unspecified atom stereocenters. The monoisotopic (exact) mass is 71.0 g/mol. The van der Waals surface area contributed by atoms with Crippen molar-refractivity contribution in [1.82, 2.24) is 0 Å². The van der Waals surface area contributed by atoms with E-state index in [1.165, 1.54) is 0 Å². The van der Waals surface area contributed by atoms with Gasteiger partial charge >= 0.3 is 0 Å². The molecule has 0 aliphatic heterocycles. The minimum atomic E-state index is -1.34. The van der Waals surface area contributed by atoms with Crippen LogP contribution in [0.3, 0.4) is 0 Å². The molecule has 0 aromatic carbocycles. The molecule has 0 bridgehead atoms. The van der Waals surface area contributed by atoms with Crippen LogP contribution >= 0.6 is 0 Å². The Balaban J connectivity index is 2.94. The fourth-order valence-corrected chi connectivity index (χ4v) is 0. The Morgan fingerprint density at radius 2 is 2.20 bits per heavy atom. The van der Waals surface area contributed by atoms with Gasteiger partial charge in [0, 0.05) is 0 Å². The van der Waals surface area contributed by atoms with Gasteiger partial charge in [0.25, 0.3) is 0 Å². The van der Waals surface area contributed by atoms with Crippen LogP contribution in [0.15, 0.2) is 0 Å². The average molecular weight is 71.1 g/mol. The van der Waals surface area contributed by atoms with E-state index in [2.05, 4.69) is 13.3 Å². The maximum absolute atomic E-state index is 11.1. The van der Waals surface area contributed by atoms with Crippen molar-refractivity contribution in [2.75, 3.05) is 0 Å². The molecule has 0 saturated heterocycles. The summed E-state index contributed by atoms with van der Waals surface area (Å²) in [5.74, 6) is 1.75. The number of hydrogen-bond donors (Lipinski definition) is 0. The maximum Gasteiger partial charge on any atom is 0.160 e. The second-order valence-corrected chi connectivity index (χ2v) is 0.634. The molecule has 1 radical (unpaired) electrons. The Kier molecular flexibility index (Phi) is 1.60. The number of alkyl halides is 1. The quantitative estimate of drug-likeness (QED) is 0.370. The van der Waals surface area contributed by atoms with E-state index in [4.69, 9.17) is 0 Å². The van der Waals surface area contributed by atoms with Gasteiger partial charge in [-0.15, -0.1) is 6.42 Å². The van der Waals surface area contributed by atoms with E-state index in [0.717, 1.165) is 0 Å². The molecule has 1 atom stereocenters. The molecule has 1 heteroatoms. The first kappa shape index (κ1) is 4.49. The molecule has 0 spiro atoms. The molecule has 0 nitrogen and oxygen atoms in total. The Morgan fingerprint density at radius 3 is 2.20 bits per heavy atom. The van der Waals surface area contributed by atoms with Crippen molar-refractivity contribution >= 4 is 0 Å². The smallest absolute Gasteiger partial charge is 0.160 e. The van der Waals surface area contributed by atoms with E-state index in [0.29, 0.717) is 0 Å². The van der Waals surface area contributed by atoms with Gasteiger partial charge in [-0.25, -0.2) is 4.39 Å². The lowest BCUT2D eigenvalue weighted by atomic mass is 10.5. The predicted molar refractivity (Wildman–Crippen MR) is 19.1 cm³/mol. The third-order valence-corrected chi connectivity index (χ3v) is 0.181. The molecule has 0 heterocycles. The summed E-state index contributed by atoms with van der Waals surface area (Å²) in [6.07, 6.45) is 3.15. The summed E-state index contributed by atoms with van der Waals surface area (Å²) < 4.78 is 11.1. The van der Waals surface area contributed by atoms with Crippen molar-refractivity contribution in [3.8, 4) is 12.3 Å². The Labute approximate surface area is 31.0 Å². The summed E-state index contributed by atoms with van der Waals surface area (Å²) in [4.78, 5) is 0. The molecular weight excluding hydrogens is 67.0 g/mol. The van der Waals surface area contributed by atoms with Gasteiger partial charge in [-0.3, -0.25) is 0 Å². The topological polar surface area (TPSA) is 0 Å². The lowest BCUT2D eigenvalue weighted by Gasteiger charge is -1.75. The van der Waals surface area contributed by atoms with E-state index < -0.39 is 6.17 Å². The second kappa shape index (κ2) is 1.78. The van der Waals surface area contributed by atoms with Crippen LogP contribution in [0.4, 0.5) is 4.39 Å². The summed E-state index contributed by atoms with van der Waals surface area (Å²) in [6.45, 7) is 2.85. The number of rotatable bonds is 0. The van der Waals surface area contributed by atoms with Crippen molar-refractivity contribution < 1.29 is 4.39 Å². The van der Waals surface area contributed by atoms with Gasteiger partial charge in [0.05, 0.1) is 0 Å². The van der Waals surface area contributed by atoms with Crippen LogP contribution < -0.4 is 0 Å². The van der Waals surface area contributed by atoms with Gasteiger partial charge in [-0.2, -0.15) is 0 Å². The molecule has 0 aromatic heterocycles. The second-order valence-electron chi connectivity index (χ2n) is 0.634. The molecule has 0 saturated carbocycles. The van der Waals surface area contributed by atoms with Crippen molar-refractivity contribution in [2.45, 2.75) is 6.17 Å². The summed E-state index contributed by atoms with van der Waals surface area (Å²) in [5.41, 5.74) is 0. The fourth-order valence-electron chi connectivity index (χ4n) is 0. The molecule has 0 aromatic rings. The molecule has 0 rings (SSSR count). The summed E-state index contributed by atoms with van der Waals surface area (Å²) >= 11 is 0. The molecule has 0 fully saturated rings. The van der Waals surface area contributed by atoms with Crippen LogP contribution in [-0.2, 0) is 0 Å². The van der Waals surface area contributed by atoms with Gasteiger partial charge in [-0.05, 0) is 6.92 Å². The standard InChI is InChI=1S/C4H4F/c1-3-4(2)5/h1,4H,2H2. The highest BCUT2D eigenvalue weighted by molar-refractivity contribution is 4.94. The summed E-state index contributed by atoms with van der Waals surface area (Å²) in [6, 6.07) is 0. The first-order valence-corrected chi connectivity index (χ1v) is 1.20. The third-order valence-electron chi connectivity index (χ3n) is 0.181. The highest BCUT2D eigenvalue weighted by atomic mass is 19.1. The fraction of sp³-hybridized carbons (Fsp3) is 0.250. The molecule has 27 valence electrons. The zero-order valence-corrected chi connectivity index (χ0v) is 2.74. The first-order valence-electron chi connectivity index (χ1n) is 1.20. The van der Waals surface area contributed by atoms with Crippen LogP contribution in [0.5, 0.6) is 0 Å². The van der Waals surface area contributed by atoms with Crippen LogP contribution in [0.2, 0.25) is 0 Å². The van der Waals surface area contributed by atoms with Gasteiger partial charge < -0.3 is 0 Å². The minimum absolute atomic E-state index is 1.34. The zero-order chi connectivity index (χ0) is 4.28. The number of halogens is 1. The molecule has 0 aliphatic rings. The third kappa shape index (κ3) is 3.49. The van der Waals surface area contributed by atoms with E-state index >= 15 is 0 Å². The van der Waals surface area contributed by atoms with Crippen molar-refractivity contribution in [1.29, 1.82) is 0 Å². The normalized spacial score (nSPS) is 13.0. The van der Waals surface area contributed by atoms with Crippen molar-refractivity contribution in [3.63, 3.8) is 0 Å². The minimum Gasteiger partial charge on any atom is -0.233 e. The first-order chi connectivity index (χ1) is 2.27. The number of hydrogen-bond acceptors (Lipinski definition) is 0. The van der Waals surface area contributed by atoms with Crippen LogP contribution in [0.1, 0.15) is 0 Å². The van der Waals surface area contributed by atoms with Crippen LogP contribution in [0, 0.1) is 19.3 Å². The average Bonchev–Trinajstić information content (AvgIpc) is 1.38. The SMILES string of the molecule is C#CC([CH2])F. The molecular formula is C4H4F. The van der Waals surface area contributed by atoms with Crippen molar-refractivity contribution in [2.24, 2.45) is 0 Å². The van der Waals surface area contributed by atoms with Crippen LogP contribution in [0.25, 0.3) is 0 Å². The highest BCUT2D eigenvalue weighted by Crippen LogP contribution is 1.77. The largest absolute Gasteiger partial charge is 0.233 e. The molecule has 0 aliphatic carbocycles. The van der Waals surface area contributed by atoms with E-state index in [9.17, 15) is 4.39 Å². The lowest BCUT2D eigenvalue weighted by molar-refractivity contribution is 0.479.